The highest BCUT2D eigenvalue weighted by Gasteiger charge is 2.25. The van der Waals surface area contributed by atoms with Crippen LogP contribution in [-0.2, 0) is 14.4 Å². The molecular formula is C14H22N2O4S. The van der Waals surface area contributed by atoms with Crippen LogP contribution in [0.15, 0.2) is 0 Å². The molecule has 0 bridgehead atoms. The van der Waals surface area contributed by atoms with Crippen LogP contribution in [0.5, 0.6) is 0 Å². The van der Waals surface area contributed by atoms with Gasteiger partial charge in [0.1, 0.15) is 11.6 Å². The molecule has 3 N–H and O–H groups in total. The van der Waals surface area contributed by atoms with Crippen molar-refractivity contribution in [2.45, 2.75) is 44.7 Å². The van der Waals surface area contributed by atoms with Gasteiger partial charge in [-0.05, 0) is 25.0 Å². The van der Waals surface area contributed by atoms with Crippen LogP contribution in [0, 0.1) is 12.3 Å². The van der Waals surface area contributed by atoms with E-state index < -0.39 is 17.6 Å². The minimum absolute atomic E-state index is 0.170. The first-order valence-electron chi connectivity index (χ1n) is 6.73. The second-order valence-corrected chi connectivity index (χ2v) is 5.60. The van der Waals surface area contributed by atoms with Crippen LogP contribution in [0.25, 0.3) is 0 Å². The number of hydrogen-bond acceptors (Lipinski definition) is 4. The molecule has 2 amide bonds. The molecule has 0 heterocycles. The van der Waals surface area contributed by atoms with E-state index in [9.17, 15) is 14.4 Å². The minimum Gasteiger partial charge on any atom is -0.480 e. The summed E-state index contributed by atoms with van der Waals surface area (Å²) in [6.07, 6.45) is 7.39. The van der Waals surface area contributed by atoms with E-state index in [-0.39, 0.29) is 18.1 Å². The standard InChI is InChI=1S/C14H22N2O4S/c1-4-14(5-2,6-3)16-12(18)9-21-8-7-11(13(19)20)15-10-17/h1,10-11H,5-9H2,2-3H3,(H,15,17)(H,16,18)(H,19,20). The first-order chi connectivity index (χ1) is 9.94. The molecule has 0 aromatic carbocycles. The van der Waals surface area contributed by atoms with Crippen molar-refractivity contribution in [1.82, 2.24) is 10.6 Å². The molecule has 0 radical (unpaired) electrons. The van der Waals surface area contributed by atoms with Crippen molar-refractivity contribution in [3.63, 3.8) is 0 Å². The Morgan fingerprint density at radius 1 is 1.43 bits per heavy atom. The van der Waals surface area contributed by atoms with E-state index in [4.69, 9.17) is 11.5 Å². The quantitative estimate of drug-likeness (QED) is 0.295. The summed E-state index contributed by atoms with van der Waals surface area (Å²) in [6, 6.07) is -0.922. The molecule has 0 rings (SSSR count). The maximum absolute atomic E-state index is 11.8. The number of carboxylic acid groups (broad SMARTS) is 1. The SMILES string of the molecule is C#CC(CC)(CC)NC(=O)CSCCC(NC=O)C(=O)O. The van der Waals surface area contributed by atoms with E-state index in [2.05, 4.69) is 16.6 Å². The van der Waals surface area contributed by atoms with E-state index in [1.807, 2.05) is 13.8 Å². The summed E-state index contributed by atoms with van der Waals surface area (Å²) in [5.41, 5.74) is -0.611. The number of rotatable bonds is 11. The number of hydrogen-bond donors (Lipinski definition) is 3. The summed E-state index contributed by atoms with van der Waals surface area (Å²) in [5.74, 6) is 2.02. The Hall–Kier alpha value is -1.68. The van der Waals surface area contributed by atoms with Crippen LogP contribution >= 0.6 is 11.8 Å². The Bertz CT molecular complexity index is 402. The van der Waals surface area contributed by atoms with Gasteiger partial charge in [0, 0.05) is 0 Å². The molecule has 0 fully saturated rings. The number of terminal acetylenes is 1. The minimum atomic E-state index is -1.09. The Labute approximate surface area is 129 Å². The van der Waals surface area contributed by atoms with E-state index >= 15 is 0 Å². The molecule has 6 nitrogen and oxygen atoms in total. The third kappa shape index (κ3) is 7.04. The smallest absolute Gasteiger partial charge is 0.326 e. The van der Waals surface area contributed by atoms with E-state index in [0.29, 0.717) is 25.0 Å². The van der Waals surface area contributed by atoms with Crippen LogP contribution in [0.3, 0.4) is 0 Å². The normalized spacial score (nSPS) is 12.0. The van der Waals surface area contributed by atoms with Crippen molar-refractivity contribution in [3.8, 4) is 12.3 Å². The molecule has 0 aliphatic carbocycles. The zero-order chi connectivity index (χ0) is 16.3. The molecule has 7 heteroatoms. The van der Waals surface area contributed by atoms with Crippen LogP contribution in [0.2, 0.25) is 0 Å². The number of carbonyl (C=O) groups excluding carboxylic acids is 2. The van der Waals surface area contributed by atoms with E-state index in [1.165, 1.54) is 11.8 Å². The maximum Gasteiger partial charge on any atom is 0.326 e. The number of carbonyl (C=O) groups is 3. The number of thioether (sulfide) groups is 1. The molecule has 118 valence electrons. The summed E-state index contributed by atoms with van der Waals surface area (Å²) in [4.78, 5) is 32.9. The third-order valence-electron chi connectivity index (χ3n) is 3.21. The zero-order valence-electron chi connectivity index (χ0n) is 12.3. The average molecular weight is 314 g/mol. The molecule has 1 unspecified atom stereocenters. The van der Waals surface area contributed by atoms with Crippen molar-refractivity contribution in [2.75, 3.05) is 11.5 Å². The number of nitrogens with one attached hydrogen (secondary N) is 2. The highest BCUT2D eigenvalue weighted by molar-refractivity contribution is 7.99. The lowest BCUT2D eigenvalue weighted by Gasteiger charge is -2.27. The molecular weight excluding hydrogens is 292 g/mol. The molecule has 0 saturated carbocycles. The van der Waals surface area contributed by atoms with Gasteiger partial charge in [0.05, 0.1) is 5.75 Å². The lowest BCUT2D eigenvalue weighted by molar-refractivity contribution is -0.140. The monoisotopic (exact) mass is 314 g/mol. The van der Waals surface area contributed by atoms with Gasteiger partial charge in [-0.25, -0.2) is 4.79 Å². The lowest BCUT2D eigenvalue weighted by Crippen LogP contribution is -2.47. The lowest BCUT2D eigenvalue weighted by atomic mass is 9.94. The topological polar surface area (TPSA) is 95.5 Å². The summed E-state index contributed by atoms with van der Waals surface area (Å²) >= 11 is 1.31. The van der Waals surface area contributed by atoms with Crippen molar-refractivity contribution in [3.05, 3.63) is 0 Å². The van der Waals surface area contributed by atoms with E-state index in [1.54, 1.807) is 0 Å². The van der Waals surface area contributed by atoms with Gasteiger partial charge in [0.2, 0.25) is 12.3 Å². The highest BCUT2D eigenvalue weighted by atomic mass is 32.2. The molecule has 21 heavy (non-hydrogen) atoms. The Morgan fingerprint density at radius 3 is 2.48 bits per heavy atom. The van der Waals surface area contributed by atoms with Crippen LogP contribution in [0.4, 0.5) is 0 Å². The van der Waals surface area contributed by atoms with Gasteiger partial charge < -0.3 is 15.7 Å². The maximum atomic E-state index is 11.8. The molecule has 0 aromatic heterocycles. The molecule has 0 spiro atoms. The van der Waals surface area contributed by atoms with Crippen LogP contribution in [0.1, 0.15) is 33.1 Å². The van der Waals surface area contributed by atoms with Crippen molar-refractivity contribution < 1.29 is 19.5 Å². The van der Waals surface area contributed by atoms with Gasteiger partial charge in [0.25, 0.3) is 0 Å². The van der Waals surface area contributed by atoms with E-state index in [0.717, 1.165) is 0 Å². The number of amides is 2. The average Bonchev–Trinajstić information content (AvgIpc) is 2.48. The molecule has 1 atom stereocenters. The van der Waals surface area contributed by atoms with Gasteiger partial charge in [-0.15, -0.1) is 6.42 Å². The van der Waals surface area contributed by atoms with Crippen molar-refractivity contribution in [1.29, 1.82) is 0 Å². The molecule has 0 saturated heterocycles. The highest BCUT2D eigenvalue weighted by Crippen LogP contribution is 2.14. The summed E-state index contributed by atoms with van der Waals surface area (Å²) in [7, 11) is 0. The molecule has 0 aliphatic rings. The predicted octanol–water partition coefficient (Wildman–Crippen LogP) is 0.617. The Balaban J connectivity index is 4.13. The first-order valence-corrected chi connectivity index (χ1v) is 7.89. The van der Waals surface area contributed by atoms with Gasteiger partial charge in [0.15, 0.2) is 0 Å². The van der Waals surface area contributed by atoms with Crippen LogP contribution in [-0.4, -0.2) is 46.5 Å². The second-order valence-electron chi connectivity index (χ2n) is 4.50. The van der Waals surface area contributed by atoms with Crippen LogP contribution < -0.4 is 10.6 Å². The van der Waals surface area contributed by atoms with Crippen molar-refractivity contribution >= 4 is 30.0 Å². The summed E-state index contributed by atoms with van der Waals surface area (Å²) in [5, 5.41) is 13.9. The first kappa shape index (κ1) is 19.3. The summed E-state index contributed by atoms with van der Waals surface area (Å²) < 4.78 is 0. The number of carboxylic acids is 1. The zero-order valence-corrected chi connectivity index (χ0v) is 13.2. The largest absolute Gasteiger partial charge is 0.480 e. The van der Waals surface area contributed by atoms with Gasteiger partial charge >= 0.3 is 5.97 Å². The predicted molar refractivity (Wildman–Crippen MR) is 82.9 cm³/mol. The number of aliphatic carboxylic acids is 1. The van der Waals surface area contributed by atoms with Gasteiger partial charge in [-0.3, -0.25) is 9.59 Å². The van der Waals surface area contributed by atoms with Gasteiger partial charge in [-0.2, -0.15) is 11.8 Å². The fourth-order valence-corrected chi connectivity index (χ4v) is 2.50. The molecule has 0 aromatic rings. The molecule has 0 aliphatic heterocycles. The Morgan fingerprint density at radius 2 is 2.05 bits per heavy atom. The second kappa shape index (κ2) is 10.1. The fourth-order valence-electron chi connectivity index (χ4n) is 1.70. The Kier molecular flexibility index (Phi) is 9.30. The summed E-state index contributed by atoms with van der Waals surface area (Å²) in [6.45, 7) is 3.83. The van der Waals surface area contributed by atoms with Crippen molar-refractivity contribution in [2.24, 2.45) is 0 Å². The van der Waals surface area contributed by atoms with Gasteiger partial charge in [-0.1, -0.05) is 19.8 Å². The third-order valence-corrected chi connectivity index (χ3v) is 4.20. The fraction of sp³-hybridized carbons (Fsp3) is 0.643.